The maximum absolute atomic E-state index is 12.9. The number of piperidine rings is 1. The summed E-state index contributed by atoms with van der Waals surface area (Å²) in [6.45, 7) is 7.02. The van der Waals surface area contributed by atoms with Gasteiger partial charge in [0.05, 0.1) is 17.1 Å². The summed E-state index contributed by atoms with van der Waals surface area (Å²) in [5.41, 5.74) is 3.54. The summed E-state index contributed by atoms with van der Waals surface area (Å²) in [6, 6.07) is 9.59. The van der Waals surface area contributed by atoms with Gasteiger partial charge in [-0.25, -0.2) is 9.48 Å². The fourth-order valence-corrected chi connectivity index (χ4v) is 3.68. The van der Waals surface area contributed by atoms with Crippen LogP contribution in [0.3, 0.4) is 0 Å². The van der Waals surface area contributed by atoms with Crippen molar-refractivity contribution in [1.29, 1.82) is 0 Å². The smallest absolute Gasteiger partial charge is 0.321 e. The van der Waals surface area contributed by atoms with E-state index in [1.807, 2.05) is 53.8 Å². The third-order valence-electron chi connectivity index (χ3n) is 5.00. The summed E-state index contributed by atoms with van der Waals surface area (Å²) in [7, 11) is 0. The molecule has 1 N–H and O–H groups in total. The van der Waals surface area contributed by atoms with Gasteiger partial charge < -0.3 is 14.7 Å². The van der Waals surface area contributed by atoms with Gasteiger partial charge in [-0.3, -0.25) is 0 Å². The second-order valence-corrected chi connectivity index (χ2v) is 7.24. The Labute approximate surface area is 163 Å². The molecule has 0 aliphatic carbocycles. The van der Waals surface area contributed by atoms with Crippen LogP contribution in [0.2, 0.25) is 0 Å². The molecular weight excluding hydrogens is 356 g/mol. The van der Waals surface area contributed by atoms with Crippen molar-refractivity contribution in [3.63, 3.8) is 0 Å². The van der Waals surface area contributed by atoms with Crippen LogP contribution in [0.15, 0.2) is 34.9 Å². The number of benzene rings is 1. The lowest BCUT2D eigenvalue weighted by Crippen LogP contribution is -2.42. The molecule has 0 spiro atoms. The van der Waals surface area contributed by atoms with Crippen LogP contribution >= 0.6 is 0 Å². The molecule has 1 aliphatic heterocycles. The van der Waals surface area contributed by atoms with Gasteiger partial charge in [-0.05, 0) is 44.9 Å². The van der Waals surface area contributed by atoms with E-state index in [9.17, 15) is 4.79 Å². The van der Waals surface area contributed by atoms with Crippen molar-refractivity contribution >= 4 is 11.7 Å². The second-order valence-electron chi connectivity index (χ2n) is 7.24. The number of carbonyl (C=O) groups excluding carboxylic acids is 1. The third kappa shape index (κ3) is 3.62. The maximum atomic E-state index is 12.9. The Morgan fingerprint density at radius 2 is 2.07 bits per heavy atom. The zero-order valence-electron chi connectivity index (χ0n) is 16.3. The van der Waals surface area contributed by atoms with Crippen LogP contribution in [-0.2, 0) is 0 Å². The Balaban J connectivity index is 1.52. The highest BCUT2D eigenvalue weighted by Gasteiger charge is 2.28. The molecule has 1 fully saturated rings. The summed E-state index contributed by atoms with van der Waals surface area (Å²) in [4.78, 5) is 19.1. The number of nitrogens with zero attached hydrogens (tertiary/aromatic N) is 5. The monoisotopic (exact) mass is 380 g/mol. The average Bonchev–Trinajstić information content (AvgIpc) is 3.27. The fraction of sp³-hybridized carbons (Fsp3) is 0.400. The topological polar surface area (TPSA) is 89.1 Å². The van der Waals surface area contributed by atoms with E-state index in [0.717, 1.165) is 35.6 Å². The van der Waals surface area contributed by atoms with Crippen molar-refractivity contribution in [2.45, 2.75) is 39.5 Å². The summed E-state index contributed by atoms with van der Waals surface area (Å²) < 4.78 is 6.95. The first-order valence-electron chi connectivity index (χ1n) is 9.50. The normalized spacial score (nSPS) is 17.0. The minimum Gasteiger partial charge on any atom is -0.340 e. The average molecular weight is 380 g/mol. The Morgan fingerprint density at radius 3 is 2.79 bits per heavy atom. The molecule has 8 nitrogen and oxygen atoms in total. The lowest BCUT2D eigenvalue weighted by Gasteiger charge is -2.31. The Bertz CT molecular complexity index is 992. The summed E-state index contributed by atoms with van der Waals surface area (Å²) in [5, 5.41) is 11.6. The number of carbonyl (C=O) groups is 1. The van der Waals surface area contributed by atoms with Crippen molar-refractivity contribution < 1.29 is 9.32 Å². The number of aryl methyl sites for hydroxylation is 3. The van der Waals surface area contributed by atoms with E-state index in [1.54, 1.807) is 6.92 Å². The number of hydrogen-bond donors (Lipinski definition) is 1. The van der Waals surface area contributed by atoms with Crippen LogP contribution in [0.25, 0.3) is 5.69 Å². The molecule has 1 atom stereocenters. The second kappa shape index (κ2) is 7.46. The quantitative estimate of drug-likeness (QED) is 0.750. The summed E-state index contributed by atoms with van der Waals surface area (Å²) >= 11 is 0. The predicted molar refractivity (Wildman–Crippen MR) is 105 cm³/mol. The van der Waals surface area contributed by atoms with Gasteiger partial charge >= 0.3 is 6.03 Å². The van der Waals surface area contributed by atoms with Gasteiger partial charge in [0, 0.05) is 31.6 Å². The van der Waals surface area contributed by atoms with E-state index >= 15 is 0 Å². The molecule has 2 amide bonds. The minimum atomic E-state index is -0.126. The van der Waals surface area contributed by atoms with Gasteiger partial charge in [0.1, 0.15) is 0 Å². The van der Waals surface area contributed by atoms with Crippen LogP contribution in [-0.4, -0.2) is 43.9 Å². The maximum Gasteiger partial charge on any atom is 0.321 e. The molecule has 28 heavy (non-hydrogen) atoms. The zero-order valence-corrected chi connectivity index (χ0v) is 16.3. The molecule has 4 rings (SSSR count). The lowest BCUT2D eigenvalue weighted by molar-refractivity contribution is 0.190. The molecule has 0 bridgehead atoms. The van der Waals surface area contributed by atoms with Crippen LogP contribution in [0.4, 0.5) is 10.5 Å². The Hall–Kier alpha value is -3.16. The number of rotatable bonds is 3. The number of aromatic nitrogens is 4. The highest BCUT2D eigenvalue weighted by Crippen LogP contribution is 2.26. The molecule has 8 heteroatoms. The lowest BCUT2D eigenvalue weighted by atomic mass is 9.98. The van der Waals surface area contributed by atoms with Gasteiger partial charge in [0.2, 0.25) is 5.89 Å². The fourth-order valence-electron chi connectivity index (χ4n) is 3.68. The summed E-state index contributed by atoms with van der Waals surface area (Å²) in [5.74, 6) is 1.33. The van der Waals surface area contributed by atoms with Gasteiger partial charge in [0.15, 0.2) is 5.82 Å². The van der Waals surface area contributed by atoms with Crippen molar-refractivity contribution in [2.24, 2.45) is 0 Å². The van der Waals surface area contributed by atoms with E-state index in [1.165, 1.54) is 0 Å². The molecule has 1 unspecified atom stereocenters. The minimum absolute atomic E-state index is 0.100. The van der Waals surface area contributed by atoms with Gasteiger partial charge in [-0.15, -0.1) is 0 Å². The number of likely N-dealkylation sites (tertiary alicyclic amines) is 1. The number of para-hydroxylation sites is 2. The van der Waals surface area contributed by atoms with Crippen molar-refractivity contribution in [1.82, 2.24) is 24.8 Å². The molecule has 1 aromatic carbocycles. The largest absolute Gasteiger partial charge is 0.340 e. The van der Waals surface area contributed by atoms with Crippen molar-refractivity contribution in [3.8, 4) is 5.69 Å². The molecule has 0 saturated carbocycles. The standard InChI is InChI=1S/C20H24N6O2/c1-13-11-14(2)26(23-13)18-9-5-4-8-17(18)22-20(27)25-10-6-7-16(12-25)19-21-15(3)28-24-19/h4-5,8-9,11,16H,6-7,10,12H2,1-3H3,(H,22,27). The number of urea groups is 1. The van der Waals surface area contributed by atoms with Gasteiger partial charge in [-0.1, -0.05) is 17.3 Å². The first-order chi connectivity index (χ1) is 13.5. The summed E-state index contributed by atoms with van der Waals surface area (Å²) in [6.07, 6.45) is 1.86. The molecule has 146 valence electrons. The Kier molecular flexibility index (Phi) is 4.85. The number of nitrogens with one attached hydrogen (secondary N) is 1. The highest BCUT2D eigenvalue weighted by molar-refractivity contribution is 5.91. The number of hydrogen-bond acceptors (Lipinski definition) is 5. The van der Waals surface area contributed by atoms with E-state index in [2.05, 4.69) is 20.6 Å². The first-order valence-corrected chi connectivity index (χ1v) is 9.50. The van der Waals surface area contributed by atoms with Crippen LogP contribution in [0.1, 0.15) is 41.9 Å². The molecular formula is C20H24N6O2. The van der Waals surface area contributed by atoms with Crippen LogP contribution in [0, 0.1) is 20.8 Å². The third-order valence-corrected chi connectivity index (χ3v) is 5.00. The molecule has 3 heterocycles. The van der Waals surface area contributed by atoms with E-state index in [4.69, 9.17) is 4.52 Å². The molecule has 2 aromatic heterocycles. The van der Waals surface area contributed by atoms with Crippen molar-refractivity contribution in [3.05, 3.63) is 53.4 Å². The predicted octanol–water partition coefficient (Wildman–Crippen LogP) is 3.59. The van der Waals surface area contributed by atoms with E-state index in [-0.39, 0.29) is 11.9 Å². The van der Waals surface area contributed by atoms with E-state index < -0.39 is 0 Å². The number of anilines is 1. The first kappa shape index (κ1) is 18.2. The zero-order chi connectivity index (χ0) is 19.7. The molecule has 1 saturated heterocycles. The van der Waals surface area contributed by atoms with Crippen LogP contribution in [0.5, 0.6) is 0 Å². The molecule has 3 aromatic rings. The van der Waals surface area contributed by atoms with Crippen LogP contribution < -0.4 is 5.32 Å². The van der Waals surface area contributed by atoms with Gasteiger partial charge in [0.25, 0.3) is 0 Å². The highest BCUT2D eigenvalue weighted by atomic mass is 16.5. The van der Waals surface area contributed by atoms with E-state index in [0.29, 0.717) is 24.8 Å². The van der Waals surface area contributed by atoms with Crippen molar-refractivity contribution in [2.75, 3.05) is 18.4 Å². The number of amides is 2. The molecule has 1 aliphatic rings. The Morgan fingerprint density at radius 1 is 1.25 bits per heavy atom. The van der Waals surface area contributed by atoms with Gasteiger partial charge in [-0.2, -0.15) is 10.1 Å². The molecule has 0 radical (unpaired) electrons. The SMILES string of the molecule is Cc1cc(C)n(-c2ccccc2NC(=O)N2CCCC(c3noc(C)n3)C2)n1.